The molecule has 0 spiro atoms. The fraction of sp³-hybridized carbons (Fsp3) is 0.389. The van der Waals surface area contributed by atoms with Crippen LogP contribution in [0.2, 0.25) is 0 Å². The average Bonchev–Trinajstić information content (AvgIpc) is 2.44. The van der Waals surface area contributed by atoms with Gasteiger partial charge in [-0.15, -0.1) is 0 Å². The predicted octanol–water partition coefficient (Wildman–Crippen LogP) is 4.29. The van der Waals surface area contributed by atoms with E-state index in [9.17, 15) is 8.60 Å². The summed E-state index contributed by atoms with van der Waals surface area (Å²) >= 11 is 0. The Labute approximate surface area is 134 Å². The van der Waals surface area contributed by atoms with E-state index < -0.39 is 10.8 Å². The first kappa shape index (κ1) is 16.8. The molecule has 118 valence electrons. The van der Waals surface area contributed by atoms with Gasteiger partial charge in [0.05, 0.1) is 0 Å². The maximum Gasteiger partial charge on any atom is 0.127 e. The third-order valence-electron chi connectivity index (χ3n) is 3.52. The highest BCUT2D eigenvalue weighted by Gasteiger charge is 2.19. The zero-order chi connectivity index (χ0) is 16.3. The maximum atomic E-state index is 14.3. The summed E-state index contributed by atoms with van der Waals surface area (Å²) in [6, 6.07) is 9.05. The van der Waals surface area contributed by atoms with E-state index in [4.69, 9.17) is 0 Å². The van der Waals surface area contributed by atoms with Gasteiger partial charge in [-0.25, -0.2) is 4.39 Å². The lowest BCUT2D eigenvalue weighted by molar-refractivity contribution is 0.611. The second kappa shape index (κ2) is 6.69. The largest absolute Gasteiger partial charge is 0.262 e. The molecule has 1 aromatic carbocycles. The van der Waals surface area contributed by atoms with E-state index in [0.717, 1.165) is 16.8 Å². The van der Waals surface area contributed by atoms with Crippen molar-refractivity contribution in [1.82, 2.24) is 4.98 Å². The lowest BCUT2D eigenvalue weighted by Gasteiger charge is -2.17. The van der Waals surface area contributed by atoms with Crippen LogP contribution >= 0.6 is 0 Å². The van der Waals surface area contributed by atoms with Gasteiger partial charge in [0.2, 0.25) is 0 Å². The third kappa shape index (κ3) is 4.23. The van der Waals surface area contributed by atoms with Crippen LogP contribution in [-0.4, -0.2) is 19.7 Å². The van der Waals surface area contributed by atoms with E-state index in [-0.39, 0.29) is 10.6 Å². The Bertz CT molecular complexity index is 692. The molecule has 0 saturated carbocycles. The lowest BCUT2D eigenvalue weighted by Crippen LogP contribution is -2.25. The van der Waals surface area contributed by atoms with Gasteiger partial charge >= 0.3 is 0 Å². The number of hydrogen-bond donors (Lipinski definition) is 0. The Morgan fingerprint density at radius 3 is 2.41 bits per heavy atom. The monoisotopic (exact) mass is 319 g/mol. The number of rotatable bonds is 4. The number of nitrogens with zero attached hydrogens (tertiary/aromatic N) is 1. The molecule has 1 heterocycles. The molecule has 4 heteroatoms. The van der Waals surface area contributed by atoms with Crippen LogP contribution < -0.4 is 0 Å². The van der Waals surface area contributed by atoms with E-state index >= 15 is 0 Å². The van der Waals surface area contributed by atoms with Crippen LogP contribution in [0.3, 0.4) is 0 Å². The van der Waals surface area contributed by atoms with Gasteiger partial charge in [-0.1, -0.05) is 12.1 Å². The standard InChI is InChI=1S/C18H22FNOS/c1-13-11-16(7-9-20-13)15-6-5-14(17(19)12-15)8-10-22(21)18(2,3)4/h5-7,9,11-12H,8,10H2,1-4H3. The van der Waals surface area contributed by atoms with E-state index in [1.165, 1.54) is 0 Å². The SMILES string of the molecule is Cc1cc(-c2ccc(CCS(=O)C(C)(C)C)c(F)c2)ccn1. The molecule has 2 rings (SSSR count). The summed E-state index contributed by atoms with van der Waals surface area (Å²) in [7, 11) is -0.965. The van der Waals surface area contributed by atoms with Crippen LogP contribution in [0.25, 0.3) is 11.1 Å². The van der Waals surface area contributed by atoms with Gasteiger partial charge in [0.1, 0.15) is 5.82 Å². The highest BCUT2D eigenvalue weighted by molar-refractivity contribution is 7.86. The summed E-state index contributed by atoms with van der Waals surface area (Å²) in [6.45, 7) is 7.73. The summed E-state index contributed by atoms with van der Waals surface area (Å²) in [5, 5.41) is 0. The number of aromatic nitrogens is 1. The van der Waals surface area contributed by atoms with Crippen molar-refractivity contribution >= 4 is 10.8 Å². The quantitative estimate of drug-likeness (QED) is 0.841. The van der Waals surface area contributed by atoms with Crippen molar-refractivity contribution in [3.05, 3.63) is 53.6 Å². The second-order valence-electron chi connectivity index (χ2n) is 6.40. The number of aryl methyl sites for hydroxylation is 2. The zero-order valence-corrected chi connectivity index (χ0v) is 14.3. The Morgan fingerprint density at radius 1 is 1.14 bits per heavy atom. The van der Waals surface area contributed by atoms with E-state index in [0.29, 0.717) is 17.7 Å². The van der Waals surface area contributed by atoms with Crippen LogP contribution in [0.1, 0.15) is 32.0 Å². The maximum absolute atomic E-state index is 14.3. The molecule has 22 heavy (non-hydrogen) atoms. The van der Waals surface area contributed by atoms with Crippen molar-refractivity contribution in [2.45, 2.75) is 38.9 Å². The highest BCUT2D eigenvalue weighted by atomic mass is 32.2. The molecule has 2 nitrogen and oxygen atoms in total. The highest BCUT2D eigenvalue weighted by Crippen LogP contribution is 2.23. The third-order valence-corrected chi connectivity index (χ3v) is 5.46. The van der Waals surface area contributed by atoms with Crippen LogP contribution in [0, 0.1) is 12.7 Å². The molecule has 1 unspecified atom stereocenters. The molecule has 0 saturated heterocycles. The van der Waals surface area contributed by atoms with Gasteiger partial charge < -0.3 is 0 Å². The van der Waals surface area contributed by atoms with E-state index in [1.807, 2.05) is 45.9 Å². The normalized spacial score (nSPS) is 13.1. The number of pyridine rings is 1. The number of benzene rings is 1. The average molecular weight is 319 g/mol. The first-order valence-electron chi connectivity index (χ1n) is 7.37. The molecule has 0 aliphatic carbocycles. The molecule has 0 N–H and O–H groups in total. The van der Waals surface area contributed by atoms with Crippen molar-refractivity contribution in [2.24, 2.45) is 0 Å². The summed E-state index contributed by atoms with van der Waals surface area (Å²) in [6.07, 6.45) is 2.22. The zero-order valence-electron chi connectivity index (χ0n) is 13.5. The van der Waals surface area contributed by atoms with Gasteiger partial charge in [0.15, 0.2) is 0 Å². The first-order valence-corrected chi connectivity index (χ1v) is 8.69. The molecule has 1 aromatic heterocycles. The van der Waals surface area contributed by atoms with Crippen molar-refractivity contribution in [3.63, 3.8) is 0 Å². The Balaban J connectivity index is 2.15. The Hall–Kier alpha value is -1.55. The summed E-state index contributed by atoms with van der Waals surface area (Å²) in [4.78, 5) is 4.15. The fourth-order valence-corrected chi connectivity index (χ4v) is 3.18. The number of hydrogen-bond acceptors (Lipinski definition) is 2. The molecule has 0 aliphatic heterocycles. The molecular weight excluding hydrogens is 297 g/mol. The first-order chi connectivity index (χ1) is 10.3. The number of halogens is 1. The van der Waals surface area contributed by atoms with Crippen molar-refractivity contribution < 1.29 is 8.60 Å². The van der Waals surface area contributed by atoms with E-state index in [1.54, 1.807) is 18.3 Å². The minimum Gasteiger partial charge on any atom is -0.262 e. The van der Waals surface area contributed by atoms with E-state index in [2.05, 4.69) is 4.98 Å². The van der Waals surface area contributed by atoms with Gasteiger partial charge in [-0.05, 0) is 69.0 Å². The molecule has 2 aromatic rings. The molecule has 0 bridgehead atoms. The fourth-order valence-electron chi connectivity index (χ4n) is 2.16. The second-order valence-corrected chi connectivity index (χ2v) is 8.73. The van der Waals surface area contributed by atoms with Gasteiger partial charge in [0, 0.05) is 33.2 Å². The summed E-state index contributed by atoms with van der Waals surface area (Å²) in [5.41, 5.74) is 3.31. The molecule has 0 aliphatic rings. The predicted molar refractivity (Wildman–Crippen MR) is 90.8 cm³/mol. The van der Waals surface area contributed by atoms with Crippen molar-refractivity contribution in [3.8, 4) is 11.1 Å². The smallest absolute Gasteiger partial charge is 0.127 e. The molecular formula is C18H22FNOS. The summed E-state index contributed by atoms with van der Waals surface area (Å²) in [5.74, 6) is 0.242. The minimum absolute atomic E-state index is 0.238. The Kier molecular flexibility index (Phi) is 5.12. The van der Waals surface area contributed by atoms with Crippen LogP contribution in [0.15, 0.2) is 36.5 Å². The van der Waals surface area contributed by atoms with Crippen LogP contribution in [0.4, 0.5) is 4.39 Å². The minimum atomic E-state index is -0.965. The van der Waals surface area contributed by atoms with Crippen molar-refractivity contribution in [2.75, 3.05) is 5.75 Å². The van der Waals surface area contributed by atoms with Crippen molar-refractivity contribution in [1.29, 1.82) is 0 Å². The lowest BCUT2D eigenvalue weighted by atomic mass is 10.0. The molecule has 1 atom stereocenters. The van der Waals surface area contributed by atoms with Gasteiger partial charge in [0.25, 0.3) is 0 Å². The van der Waals surface area contributed by atoms with Crippen LogP contribution in [0.5, 0.6) is 0 Å². The van der Waals surface area contributed by atoms with Gasteiger partial charge in [-0.3, -0.25) is 9.19 Å². The summed E-state index contributed by atoms with van der Waals surface area (Å²) < 4.78 is 26.1. The molecule has 0 radical (unpaired) electrons. The topological polar surface area (TPSA) is 30.0 Å². The molecule has 0 fully saturated rings. The Morgan fingerprint density at radius 2 is 1.82 bits per heavy atom. The van der Waals surface area contributed by atoms with Gasteiger partial charge in [-0.2, -0.15) is 0 Å². The molecule has 0 amide bonds. The van der Waals surface area contributed by atoms with Crippen LogP contribution in [-0.2, 0) is 17.2 Å².